The lowest BCUT2D eigenvalue weighted by molar-refractivity contribution is 0.111. The van der Waals surface area contributed by atoms with Crippen molar-refractivity contribution >= 4 is 0 Å². The van der Waals surface area contributed by atoms with Gasteiger partial charge < -0.3 is 14.4 Å². The zero-order valence-electron chi connectivity index (χ0n) is 16.8. The van der Waals surface area contributed by atoms with Crippen molar-refractivity contribution < 1.29 is 9.47 Å². The van der Waals surface area contributed by atoms with E-state index in [1.165, 1.54) is 45.7 Å². The van der Waals surface area contributed by atoms with Gasteiger partial charge in [0, 0.05) is 45.3 Å². The Morgan fingerprint density at radius 3 is 2.25 bits per heavy atom. The van der Waals surface area contributed by atoms with Gasteiger partial charge in [-0.1, -0.05) is 18.2 Å². The van der Waals surface area contributed by atoms with Crippen molar-refractivity contribution in [3.05, 3.63) is 54.6 Å². The van der Waals surface area contributed by atoms with Gasteiger partial charge in [-0.25, -0.2) is 0 Å². The fourth-order valence-electron chi connectivity index (χ4n) is 4.02. The van der Waals surface area contributed by atoms with Crippen LogP contribution in [0.3, 0.4) is 0 Å². The van der Waals surface area contributed by atoms with Gasteiger partial charge in [-0.2, -0.15) is 0 Å². The number of likely N-dealkylation sites (tertiary alicyclic amines) is 1. The van der Waals surface area contributed by atoms with Crippen LogP contribution in [0.15, 0.2) is 54.6 Å². The van der Waals surface area contributed by atoms with E-state index in [4.69, 9.17) is 9.47 Å². The molecule has 0 aliphatic carbocycles. The van der Waals surface area contributed by atoms with Crippen LogP contribution >= 0.6 is 0 Å². The van der Waals surface area contributed by atoms with Crippen LogP contribution in [-0.2, 0) is 0 Å². The Labute approximate surface area is 168 Å². The molecule has 2 aliphatic heterocycles. The van der Waals surface area contributed by atoms with E-state index in [1.807, 2.05) is 54.6 Å². The van der Waals surface area contributed by atoms with Gasteiger partial charge in [0.15, 0.2) is 0 Å². The van der Waals surface area contributed by atoms with Crippen molar-refractivity contribution in [1.82, 2.24) is 14.7 Å². The van der Waals surface area contributed by atoms with Gasteiger partial charge in [-0.15, -0.1) is 0 Å². The zero-order valence-corrected chi connectivity index (χ0v) is 16.8. The van der Waals surface area contributed by atoms with E-state index in [0.717, 1.165) is 36.4 Å². The summed E-state index contributed by atoms with van der Waals surface area (Å²) >= 11 is 0. The fraction of sp³-hybridized carbons (Fsp3) is 0.478. The van der Waals surface area contributed by atoms with E-state index < -0.39 is 0 Å². The van der Waals surface area contributed by atoms with Crippen molar-refractivity contribution in [3.63, 3.8) is 0 Å². The molecular weight excluding hydrogens is 350 g/mol. The highest BCUT2D eigenvalue weighted by molar-refractivity contribution is 5.35. The maximum absolute atomic E-state index is 5.95. The molecule has 1 atom stereocenters. The van der Waals surface area contributed by atoms with Crippen LogP contribution < -0.4 is 9.47 Å². The molecule has 5 nitrogen and oxygen atoms in total. The average molecular weight is 382 g/mol. The number of ether oxygens (including phenoxy) is 2. The second-order valence-electron chi connectivity index (χ2n) is 7.82. The molecule has 2 heterocycles. The van der Waals surface area contributed by atoms with Gasteiger partial charge in [0.25, 0.3) is 0 Å². The molecule has 2 aromatic carbocycles. The number of piperazine rings is 1. The van der Waals surface area contributed by atoms with Crippen LogP contribution in [-0.4, -0.2) is 80.2 Å². The lowest BCUT2D eigenvalue weighted by atomic mass is 10.2. The first kappa shape index (κ1) is 19.2. The molecule has 28 heavy (non-hydrogen) atoms. The third kappa shape index (κ3) is 5.25. The van der Waals surface area contributed by atoms with Gasteiger partial charge in [0.2, 0.25) is 0 Å². The minimum atomic E-state index is 0.725. The van der Waals surface area contributed by atoms with Crippen LogP contribution in [0, 0.1) is 0 Å². The maximum Gasteiger partial charge on any atom is 0.127 e. The lowest BCUT2D eigenvalue weighted by Gasteiger charge is -2.36. The van der Waals surface area contributed by atoms with Crippen molar-refractivity contribution in [3.8, 4) is 17.2 Å². The van der Waals surface area contributed by atoms with E-state index in [2.05, 4.69) is 21.7 Å². The minimum Gasteiger partial charge on any atom is -0.492 e. The number of rotatable bonds is 7. The smallest absolute Gasteiger partial charge is 0.127 e. The third-order valence-electron chi connectivity index (χ3n) is 5.78. The normalized spacial score (nSPS) is 21.7. The summed E-state index contributed by atoms with van der Waals surface area (Å²) in [6.45, 7) is 8.90. The number of likely N-dealkylation sites (N-methyl/N-ethyl adjacent to an activating group) is 1. The van der Waals surface area contributed by atoms with E-state index in [-0.39, 0.29) is 0 Å². The summed E-state index contributed by atoms with van der Waals surface area (Å²) in [7, 11) is 2.22. The summed E-state index contributed by atoms with van der Waals surface area (Å²) in [5.74, 6) is 2.57. The summed E-state index contributed by atoms with van der Waals surface area (Å²) in [6.07, 6.45) is 1.29. The molecular formula is C23H31N3O2. The molecule has 150 valence electrons. The van der Waals surface area contributed by atoms with Crippen LogP contribution in [0.1, 0.15) is 6.42 Å². The predicted molar refractivity (Wildman–Crippen MR) is 112 cm³/mol. The summed E-state index contributed by atoms with van der Waals surface area (Å²) in [5.41, 5.74) is 0. The molecule has 1 unspecified atom stereocenters. The van der Waals surface area contributed by atoms with Crippen molar-refractivity contribution in [2.75, 3.05) is 59.5 Å². The molecule has 0 saturated carbocycles. The third-order valence-corrected chi connectivity index (χ3v) is 5.78. The van der Waals surface area contributed by atoms with Gasteiger partial charge in [-0.3, -0.25) is 9.80 Å². The Morgan fingerprint density at radius 1 is 0.821 bits per heavy atom. The molecule has 4 rings (SSSR count). The van der Waals surface area contributed by atoms with Crippen molar-refractivity contribution in [2.24, 2.45) is 0 Å². The van der Waals surface area contributed by atoms with Gasteiger partial charge in [-0.05, 0) is 56.4 Å². The SMILES string of the molecule is CN1CCN(C2CCN(CCOc3ccc(Oc4ccccc4)cc3)C2)CC1. The summed E-state index contributed by atoms with van der Waals surface area (Å²) < 4.78 is 11.8. The van der Waals surface area contributed by atoms with Crippen LogP contribution in [0.5, 0.6) is 17.2 Å². The standard InChI is InChI=1S/C23H31N3O2/c1-24-13-15-26(16-14-24)20-11-12-25(19-20)17-18-27-21-7-9-23(10-8-21)28-22-5-3-2-4-6-22/h2-10,20H,11-19H2,1H3. The summed E-state index contributed by atoms with van der Waals surface area (Å²) in [5, 5.41) is 0. The minimum absolute atomic E-state index is 0.725. The highest BCUT2D eigenvalue weighted by atomic mass is 16.5. The van der Waals surface area contributed by atoms with Crippen molar-refractivity contribution in [2.45, 2.75) is 12.5 Å². The van der Waals surface area contributed by atoms with Gasteiger partial charge in [0.1, 0.15) is 23.9 Å². The monoisotopic (exact) mass is 381 g/mol. The topological polar surface area (TPSA) is 28.2 Å². The summed E-state index contributed by atoms with van der Waals surface area (Å²) in [6, 6.07) is 18.4. The molecule has 2 aromatic rings. The Hall–Kier alpha value is -2.08. The van der Waals surface area contributed by atoms with E-state index in [0.29, 0.717) is 0 Å². The Balaban J connectivity index is 1.17. The Morgan fingerprint density at radius 2 is 1.50 bits per heavy atom. The maximum atomic E-state index is 5.95. The second kappa shape index (κ2) is 9.41. The molecule has 2 fully saturated rings. The number of nitrogens with zero attached hydrogens (tertiary/aromatic N) is 3. The average Bonchev–Trinajstić information content (AvgIpc) is 3.20. The predicted octanol–water partition coefficient (Wildman–Crippen LogP) is 3.18. The fourth-order valence-corrected chi connectivity index (χ4v) is 4.02. The number of benzene rings is 2. The Bertz CT molecular complexity index is 714. The molecule has 0 radical (unpaired) electrons. The highest BCUT2D eigenvalue weighted by Crippen LogP contribution is 2.23. The molecule has 0 amide bonds. The highest BCUT2D eigenvalue weighted by Gasteiger charge is 2.29. The first-order valence-electron chi connectivity index (χ1n) is 10.4. The van der Waals surface area contributed by atoms with Crippen LogP contribution in [0.25, 0.3) is 0 Å². The Kier molecular flexibility index (Phi) is 6.47. The molecule has 0 spiro atoms. The first-order chi connectivity index (χ1) is 13.8. The zero-order chi connectivity index (χ0) is 19.2. The van der Waals surface area contributed by atoms with Gasteiger partial charge in [0.05, 0.1) is 0 Å². The molecule has 2 aliphatic rings. The van der Waals surface area contributed by atoms with E-state index in [1.54, 1.807) is 0 Å². The molecule has 0 bridgehead atoms. The molecule has 0 N–H and O–H groups in total. The quantitative estimate of drug-likeness (QED) is 0.735. The number of hydrogen-bond acceptors (Lipinski definition) is 5. The summed E-state index contributed by atoms with van der Waals surface area (Å²) in [4.78, 5) is 7.63. The first-order valence-corrected chi connectivity index (χ1v) is 10.4. The molecule has 0 aromatic heterocycles. The van der Waals surface area contributed by atoms with Crippen LogP contribution in [0.2, 0.25) is 0 Å². The molecule has 2 saturated heterocycles. The molecule has 5 heteroatoms. The van der Waals surface area contributed by atoms with Gasteiger partial charge >= 0.3 is 0 Å². The number of hydrogen-bond donors (Lipinski definition) is 0. The number of para-hydroxylation sites is 1. The van der Waals surface area contributed by atoms with Crippen LogP contribution in [0.4, 0.5) is 0 Å². The largest absolute Gasteiger partial charge is 0.492 e. The van der Waals surface area contributed by atoms with E-state index >= 15 is 0 Å². The van der Waals surface area contributed by atoms with Crippen molar-refractivity contribution in [1.29, 1.82) is 0 Å². The van der Waals surface area contributed by atoms with E-state index in [9.17, 15) is 0 Å². The lowest BCUT2D eigenvalue weighted by Crippen LogP contribution is -2.49. The second-order valence-corrected chi connectivity index (χ2v) is 7.82.